The summed E-state index contributed by atoms with van der Waals surface area (Å²) in [7, 11) is 0. The number of hydrogen-bond donors (Lipinski definition) is 2. The molecule has 0 aromatic heterocycles. The molecule has 0 bridgehead atoms. The van der Waals surface area contributed by atoms with E-state index in [1.165, 1.54) is 192 Å². The number of carbonyl (C=O) groups excluding carboxylic acids is 3. The summed E-state index contributed by atoms with van der Waals surface area (Å²) < 4.78 is 119. The molecule has 8 rings (SSSR count). The van der Waals surface area contributed by atoms with Gasteiger partial charge in [-0.3, -0.25) is 14.4 Å². The molecule has 2 amide bonds. The number of esters is 1. The zero-order valence-electron chi connectivity index (χ0n) is 80.2. The first-order valence-corrected chi connectivity index (χ1v) is 51.2. The number of unbranched alkanes of at least 4 members (excludes halogenated alkanes) is 38. The van der Waals surface area contributed by atoms with E-state index >= 15 is 9.59 Å². The molecule has 0 saturated carbocycles. The van der Waals surface area contributed by atoms with Crippen molar-refractivity contribution in [2.24, 2.45) is 0 Å². The highest BCUT2D eigenvalue weighted by Gasteiger charge is 2.53. The van der Waals surface area contributed by atoms with Crippen LogP contribution in [0.1, 0.15) is 355 Å². The Morgan fingerprint density at radius 1 is 0.351 bits per heavy atom. The third-order valence-corrected chi connectivity index (χ3v) is 25.4. The van der Waals surface area contributed by atoms with Gasteiger partial charge in [-0.05, 0) is 71.2 Å². The van der Waals surface area contributed by atoms with E-state index in [0.717, 1.165) is 117 Å². The van der Waals surface area contributed by atoms with Crippen LogP contribution >= 0.6 is 0 Å². The quantitative estimate of drug-likeness (QED) is 0.0209. The predicted octanol–water partition coefficient (Wildman–Crippen LogP) is 27.7. The number of amides is 2. The number of carbonyl (C=O) groups is 3. The summed E-state index contributed by atoms with van der Waals surface area (Å²) >= 11 is 0. The number of halogens is 3. The molecule has 19 heteroatoms. The largest absolute Gasteiger partial charge is 0.462 e. The van der Waals surface area contributed by atoms with Crippen LogP contribution in [-0.2, 0) is 112 Å². The van der Waals surface area contributed by atoms with Crippen molar-refractivity contribution in [3.05, 3.63) is 228 Å². The highest BCUT2D eigenvalue weighted by Crippen LogP contribution is 2.36. The molecule has 0 radical (unpaired) electrons. The maximum Gasteiger partial charge on any atom is 0.416 e. The molecule has 131 heavy (non-hydrogen) atoms. The van der Waals surface area contributed by atoms with Crippen LogP contribution in [0.5, 0.6) is 0 Å². The van der Waals surface area contributed by atoms with Crippen LogP contribution < -0.4 is 10.6 Å². The fraction of sp³-hybridized carbons (Fsp3) is 0.634. The third-order valence-electron chi connectivity index (χ3n) is 25.4. The Labute approximate surface area is 786 Å². The molecule has 0 spiro atoms. The molecule has 2 saturated heterocycles. The van der Waals surface area contributed by atoms with Gasteiger partial charge in [-0.2, -0.15) is 13.2 Å². The van der Waals surface area contributed by atoms with Crippen LogP contribution in [0.2, 0.25) is 0 Å². The van der Waals surface area contributed by atoms with Gasteiger partial charge in [-0.25, -0.2) is 0 Å². The van der Waals surface area contributed by atoms with E-state index in [1.807, 2.05) is 152 Å². The van der Waals surface area contributed by atoms with Gasteiger partial charge in [0.05, 0.1) is 84.0 Å². The van der Waals surface area contributed by atoms with Gasteiger partial charge in [0.2, 0.25) is 11.8 Å². The predicted molar refractivity (Wildman–Crippen MR) is 519 cm³/mol. The second-order valence-corrected chi connectivity index (χ2v) is 36.7. The van der Waals surface area contributed by atoms with E-state index in [9.17, 15) is 18.0 Å². The summed E-state index contributed by atoms with van der Waals surface area (Å²) in [6.07, 6.45) is 37.0. The van der Waals surface area contributed by atoms with E-state index in [2.05, 4.69) is 38.0 Å². The Morgan fingerprint density at radius 3 is 1.02 bits per heavy atom. The van der Waals surface area contributed by atoms with E-state index in [1.54, 1.807) is 6.08 Å². The molecule has 2 heterocycles. The average molecular weight is 1820 g/mol. The standard InChI is InChI=1S/C112H165F3N2O14/c1-5-9-12-15-18-21-24-27-28-31-34-37-40-43-61-74-103(120)129-98(73-60-42-39-36-33-30-26-23-20-17-14-11-7-3)81-102(119)117-105-109(127-87-94-70-57-48-58-71-94)106(124-84-91-64-51-45-52-65-91)99(88-121-82-90-62-49-44-50-63-90)130-111(105)128-89-100-107(125-85-92-66-53-46-54-67-92)108(126-86-93-68-55-47-56-69-93)104(110(131-100)122-79-8-4)116-101(118)80-97(123-83-95-75-77-96(78-76-95)112(113,114)115)72-59-41-38-35-32-29-25-22-19-16-13-10-6-2/h8,44-58,62-71,75-78,97-100,104-111H,4-7,9-43,59-61,72-74,79-89H2,1-3H3,(H,116,118)(H,117,119)/t97-,98-,99-,100-,104-,105-,106-,107-,108-,109-,110+,111-/m1/s1. The van der Waals surface area contributed by atoms with Crippen LogP contribution in [0, 0.1) is 0 Å². The Bertz CT molecular complexity index is 3820. The topological polar surface area (TPSA) is 177 Å². The molecule has 0 unspecified atom stereocenters. The molecule has 728 valence electrons. The normalized spacial score (nSPS) is 19.2. The van der Waals surface area contributed by atoms with Crippen molar-refractivity contribution in [2.45, 2.75) is 435 Å². The number of rotatable bonds is 76. The van der Waals surface area contributed by atoms with E-state index in [4.69, 9.17) is 52.1 Å². The lowest BCUT2D eigenvalue weighted by molar-refractivity contribution is -0.318. The van der Waals surface area contributed by atoms with E-state index in [0.29, 0.717) is 24.8 Å². The first kappa shape index (κ1) is 109. The first-order valence-electron chi connectivity index (χ1n) is 51.2. The molecule has 2 N–H and O–H groups in total. The number of nitrogens with one attached hydrogen (secondary N) is 2. The van der Waals surface area contributed by atoms with Gasteiger partial charge >= 0.3 is 12.1 Å². The van der Waals surface area contributed by atoms with Crippen molar-refractivity contribution in [1.29, 1.82) is 0 Å². The van der Waals surface area contributed by atoms with Gasteiger partial charge < -0.3 is 62.7 Å². The van der Waals surface area contributed by atoms with Crippen LogP contribution in [0.25, 0.3) is 0 Å². The summed E-state index contributed by atoms with van der Waals surface area (Å²) in [4.78, 5) is 45.3. The lowest BCUT2D eigenvalue weighted by Crippen LogP contribution is -2.68. The summed E-state index contributed by atoms with van der Waals surface area (Å²) in [6.45, 7) is 11.2. The molecular formula is C112H165F3N2O14. The van der Waals surface area contributed by atoms with Crippen molar-refractivity contribution in [2.75, 3.05) is 19.8 Å². The molecule has 2 aliphatic rings. The summed E-state index contributed by atoms with van der Waals surface area (Å²) in [5, 5.41) is 6.74. The minimum Gasteiger partial charge on any atom is -0.462 e. The molecule has 0 aliphatic carbocycles. The van der Waals surface area contributed by atoms with Gasteiger partial charge in [0.25, 0.3) is 0 Å². The second-order valence-electron chi connectivity index (χ2n) is 36.7. The van der Waals surface area contributed by atoms with E-state index < -0.39 is 97.0 Å². The molecule has 6 aromatic rings. The van der Waals surface area contributed by atoms with Crippen LogP contribution in [0.4, 0.5) is 13.2 Å². The minimum atomic E-state index is -4.51. The zero-order chi connectivity index (χ0) is 92.5. The number of alkyl halides is 3. The number of hydrogen-bond acceptors (Lipinski definition) is 14. The summed E-state index contributed by atoms with van der Waals surface area (Å²) in [6, 6.07) is 51.9. The van der Waals surface area contributed by atoms with Gasteiger partial charge in [0.15, 0.2) is 12.6 Å². The SMILES string of the molecule is C=CCO[C@H]1O[C@H](CO[C@@H]2O[C@H](COCc3ccccc3)[C@@H](OCc3ccccc3)[C@H](OCc3ccccc3)[C@H]2NC(=O)C[C@@H](CCCCCCCCCCCCCCC)OC(=O)CCCCCCCCCCCCCCCCC)[C@@H](OCc2ccccc2)[C@H](OCc2ccccc2)[C@H]1NC(=O)C[C@@H](CCCCCCCCCCCCCCC)OCc1ccc(C(F)(F)F)cc1. The first-order chi connectivity index (χ1) is 64.3. The minimum absolute atomic E-state index is 0.00600. The Hall–Kier alpha value is -7.14. The molecule has 16 nitrogen and oxygen atoms in total. The Kier molecular flexibility index (Phi) is 57.3. The van der Waals surface area contributed by atoms with Gasteiger partial charge in [0, 0.05) is 6.42 Å². The van der Waals surface area contributed by atoms with Crippen LogP contribution in [0.3, 0.4) is 0 Å². The van der Waals surface area contributed by atoms with Crippen molar-refractivity contribution in [3.8, 4) is 0 Å². The van der Waals surface area contributed by atoms with Crippen molar-refractivity contribution in [3.63, 3.8) is 0 Å². The monoisotopic (exact) mass is 1820 g/mol. The number of ether oxygens (including phenoxy) is 11. The fourth-order valence-corrected chi connectivity index (χ4v) is 17.8. The molecule has 12 atom stereocenters. The maximum atomic E-state index is 15.8. The van der Waals surface area contributed by atoms with Crippen molar-refractivity contribution in [1.82, 2.24) is 10.6 Å². The summed E-state index contributed by atoms with van der Waals surface area (Å²) in [5.74, 6) is -1.11. The average Bonchev–Trinajstić information content (AvgIpc) is 0.727. The molecule has 6 aromatic carbocycles. The Balaban J connectivity index is 1.10. The van der Waals surface area contributed by atoms with Crippen LogP contribution in [0.15, 0.2) is 189 Å². The summed E-state index contributed by atoms with van der Waals surface area (Å²) in [5.41, 5.74) is 4.20. The molecular weight excluding hydrogens is 1650 g/mol. The maximum absolute atomic E-state index is 15.8. The lowest BCUT2D eigenvalue weighted by Gasteiger charge is -2.48. The van der Waals surface area contributed by atoms with Gasteiger partial charge in [0.1, 0.15) is 54.8 Å². The second kappa shape index (κ2) is 68.8. The lowest BCUT2D eigenvalue weighted by atomic mass is 9.94. The van der Waals surface area contributed by atoms with E-state index in [-0.39, 0.29) is 84.7 Å². The smallest absolute Gasteiger partial charge is 0.416 e. The zero-order valence-corrected chi connectivity index (χ0v) is 80.2. The highest BCUT2D eigenvalue weighted by atomic mass is 19.4. The van der Waals surface area contributed by atoms with Gasteiger partial charge in [-0.1, -0.05) is 441 Å². The third kappa shape index (κ3) is 46.8. The van der Waals surface area contributed by atoms with Gasteiger partial charge in [-0.15, -0.1) is 6.58 Å². The molecule has 2 fully saturated rings. The number of benzene rings is 6. The van der Waals surface area contributed by atoms with Crippen LogP contribution in [-0.4, -0.2) is 111 Å². The Morgan fingerprint density at radius 2 is 0.656 bits per heavy atom. The van der Waals surface area contributed by atoms with Crippen molar-refractivity contribution >= 4 is 17.8 Å². The highest BCUT2D eigenvalue weighted by molar-refractivity contribution is 5.78. The fourth-order valence-electron chi connectivity index (χ4n) is 17.8. The van der Waals surface area contributed by atoms with Crippen molar-refractivity contribution < 1.29 is 79.7 Å². The molecule has 2 aliphatic heterocycles.